The van der Waals surface area contributed by atoms with Crippen molar-refractivity contribution < 1.29 is 9.59 Å². The molecule has 2 rings (SSSR count). The Morgan fingerprint density at radius 2 is 1.96 bits per heavy atom. The second-order valence-electron chi connectivity index (χ2n) is 4.94. The molecule has 130 valence electrons. The van der Waals surface area contributed by atoms with E-state index >= 15 is 0 Å². The first-order chi connectivity index (χ1) is 11.0. The van der Waals surface area contributed by atoms with Gasteiger partial charge in [0.2, 0.25) is 11.8 Å². The van der Waals surface area contributed by atoms with Crippen LogP contribution >= 0.6 is 28.3 Å². The number of rotatable bonds is 6. The Morgan fingerprint density at radius 3 is 2.50 bits per heavy atom. The number of likely N-dealkylation sites (N-methyl/N-ethyl adjacent to an activating group) is 1. The predicted octanol–water partition coefficient (Wildman–Crippen LogP) is 1.62. The SMILES string of the molecule is CNC(C(=O)NCC(=O)Nc1ccc(Br)cc1)c1cnn(C)c1.Cl. The summed E-state index contributed by atoms with van der Waals surface area (Å²) in [5, 5.41) is 12.3. The van der Waals surface area contributed by atoms with Gasteiger partial charge in [0, 0.05) is 29.0 Å². The van der Waals surface area contributed by atoms with Crippen LogP contribution in [-0.2, 0) is 16.6 Å². The van der Waals surface area contributed by atoms with Gasteiger partial charge in [-0.25, -0.2) is 0 Å². The Morgan fingerprint density at radius 1 is 1.29 bits per heavy atom. The molecule has 1 heterocycles. The number of benzene rings is 1. The molecule has 7 nitrogen and oxygen atoms in total. The zero-order chi connectivity index (χ0) is 16.8. The van der Waals surface area contributed by atoms with Gasteiger partial charge in [-0.05, 0) is 31.3 Å². The maximum Gasteiger partial charge on any atom is 0.243 e. The highest BCUT2D eigenvalue weighted by Crippen LogP contribution is 2.14. The van der Waals surface area contributed by atoms with Crippen LogP contribution in [0.5, 0.6) is 0 Å². The Balaban J connectivity index is 0.00000288. The van der Waals surface area contributed by atoms with Crippen LogP contribution in [0.15, 0.2) is 41.1 Å². The number of aromatic nitrogens is 2. The number of halogens is 2. The van der Waals surface area contributed by atoms with Gasteiger partial charge in [0.25, 0.3) is 0 Å². The van der Waals surface area contributed by atoms with Gasteiger partial charge in [-0.1, -0.05) is 15.9 Å². The van der Waals surface area contributed by atoms with Crippen molar-refractivity contribution in [3.05, 3.63) is 46.7 Å². The average molecular weight is 417 g/mol. The molecule has 0 aliphatic heterocycles. The van der Waals surface area contributed by atoms with E-state index in [4.69, 9.17) is 0 Å². The third-order valence-electron chi connectivity index (χ3n) is 3.16. The Kier molecular flexibility index (Phi) is 7.90. The molecule has 1 aromatic carbocycles. The van der Waals surface area contributed by atoms with Gasteiger partial charge in [-0.2, -0.15) is 5.10 Å². The van der Waals surface area contributed by atoms with Gasteiger partial charge < -0.3 is 16.0 Å². The maximum absolute atomic E-state index is 12.2. The molecule has 9 heteroatoms. The first kappa shape index (κ1) is 20.1. The van der Waals surface area contributed by atoms with E-state index in [9.17, 15) is 9.59 Å². The van der Waals surface area contributed by atoms with Crippen LogP contribution in [0.3, 0.4) is 0 Å². The summed E-state index contributed by atoms with van der Waals surface area (Å²) in [6.07, 6.45) is 3.37. The molecule has 0 fully saturated rings. The second-order valence-corrected chi connectivity index (χ2v) is 5.86. The highest BCUT2D eigenvalue weighted by Gasteiger charge is 2.20. The molecule has 0 saturated carbocycles. The fourth-order valence-electron chi connectivity index (χ4n) is 2.05. The minimum atomic E-state index is -0.552. The standard InChI is InChI=1S/C15H18BrN5O2.ClH/c1-17-14(10-7-19-21(2)9-10)15(23)18-8-13(22)20-12-5-3-11(16)4-6-12;/h3-7,9,14,17H,8H2,1-2H3,(H,18,23)(H,20,22);1H. The number of nitrogens with one attached hydrogen (secondary N) is 3. The quantitative estimate of drug-likeness (QED) is 0.668. The summed E-state index contributed by atoms with van der Waals surface area (Å²) in [4.78, 5) is 24.1. The molecule has 24 heavy (non-hydrogen) atoms. The molecule has 0 radical (unpaired) electrons. The summed E-state index contributed by atoms with van der Waals surface area (Å²) in [5.41, 5.74) is 1.41. The zero-order valence-corrected chi connectivity index (χ0v) is 15.6. The molecule has 0 aliphatic rings. The van der Waals surface area contributed by atoms with Crippen LogP contribution in [0.25, 0.3) is 0 Å². The van der Waals surface area contributed by atoms with E-state index < -0.39 is 6.04 Å². The number of carbonyl (C=O) groups excluding carboxylic acids is 2. The van der Waals surface area contributed by atoms with Crippen molar-refractivity contribution in [3.8, 4) is 0 Å². The van der Waals surface area contributed by atoms with Crippen molar-refractivity contribution in [2.75, 3.05) is 18.9 Å². The zero-order valence-electron chi connectivity index (χ0n) is 13.2. The van der Waals surface area contributed by atoms with E-state index in [0.717, 1.165) is 10.0 Å². The van der Waals surface area contributed by atoms with Crippen molar-refractivity contribution in [3.63, 3.8) is 0 Å². The molecule has 0 saturated heterocycles. The Labute approximate surface area is 154 Å². The number of amides is 2. The molecule has 0 aliphatic carbocycles. The third kappa shape index (κ3) is 5.63. The van der Waals surface area contributed by atoms with Gasteiger partial charge in [-0.3, -0.25) is 14.3 Å². The lowest BCUT2D eigenvalue weighted by Gasteiger charge is -2.14. The highest BCUT2D eigenvalue weighted by molar-refractivity contribution is 9.10. The van der Waals surface area contributed by atoms with Crippen LogP contribution in [-0.4, -0.2) is 35.2 Å². The van der Waals surface area contributed by atoms with E-state index in [1.807, 2.05) is 12.1 Å². The van der Waals surface area contributed by atoms with Gasteiger partial charge in [0.05, 0.1) is 12.7 Å². The van der Waals surface area contributed by atoms with Crippen molar-refractivity contribution in [2.45, 2.75) is 6.04 Å². The number of carbonyl (C=O) groups is 2. The van der Waals surface area contributed by atoms with Crippen LogP contribution in [0.1, 0.15) is 11.6 Å². The summed E-state index contributed by atoms with van der Waals surface area (Å²) in [6, 6.07) is 6.65. The second kappa shape index (κ2) is 9.41. The van der Waals surface area contributed by atoms with Crippen molar-refractivity contribution in [1.29, 1.82) is 0 Å². The third-order valence-corrected chi connectivity index (χ3v) is 3.69. The summed E-state index contributed by atoms with van der Waals surface area (Å²) < 4.78 is 2.55. The highest BCUT2D eigenvalue weighted by atomic mass is 79.9. The number of anilines is 1. The fraction of sp³-hybridized carbons (Fsp3) is 0.267. The molecular formula is C15H19BrClN5O2. The molecule has 1 aromatic heterocycles. The normalized spacial score (nSPS) is 11.3. The van der Waals surface area contributed by atoms with Crippen LogP contribution < -0.4 is 16.0 Å². The van der Waals surface area contributed by atoms with Gasteiger partial charge >= 0.3 is 0 Å². The number of hydrogen-bond acceptors (Lipinski definition) is 4. The average Bonchev–Trinajstić information content (AvgIpc) is 2.94. The molecule has 1 atom stereocenters. The van der Waals surface area contributed by atoms with Crippen molar-refractivity contribution in [2.24, 2.45) is 7.05 Å². The molecule has 1 unspecified atom stereocenters. The first-order valence-electron chi connectivity index (χ1n) is 6.98. The van der Waals surface area contributed by atoms with Crippen LogP contribution in [0, 0.1) is 0 Å². The van der Waals surface area contributed by atoms with E-state index in [1.54, 1.807) is 43.3 Å². The lowest BCUT2D eigenvalue weighted by Crippen LogP contribution is -2.39. The maximum atomic E-state index is 12.2. The topological polar surface area (TPSA) is 88.1 Å². The van der Waals surface area contributed by atoms with Crippen molar-refractivity contribution >= 4 is 45.8 Å². The monoisotopic (exact) mass is 415 g/mol. The Bertz CT molecular complexity index is 689. The van der Waals surface area contributed by atoms with Gasteiger partial charge in [0.15, 0.2) is 0 Å². The van der Waals surface area contributed by atoms with E-state index in [1.165, 1.54) is 0 Å². The summed E-state index contributed by atoms with van der Waals surface area (Å²) in [5.74, 6) is -0.576. The number of aryl methyl sites for hydroxylation is 1. The molecular weight excluding hydrogens is 398 g/mol. The smallest absolute Gasteiger partial charge is 0.243 e. The molecule has 2 amide bonds. The molecule has 0 spiro atoms. The number of hydrogen-bond donors (Lipinski definition) is 3. The minimum Gasteiger partial charge on any atom is -0.345 e. The van der Waals surface area contributed by atoms with Gasteiger partial charge in [-0.15, -0.1) is 12.4 Å². The summed E-state index contributed by atoms with van der Waals surface area (Å²) in [7, 11) is 3.46. The molecule has 0 bridgehead atoms. The molecule has 2 aromatic rings. The van der Waals surface area contributed by atoms with Crippen molar-refractivity contribution in [1.82, 2.24) is 20.4 Å². The Hall–Kier alpha value is -1.90. The largest absolute Gasteiger partial charge is 0.345 e. The van der Waals surface area contributed by atoms with E-state index in [-0.39, 0.29) is 30.8 Å². The van der Waals surface area contributed by atoms with E-state index in [0.29, 0.717) is 5.69 Å². The van der Waals surface area contributed by atoms with Gasteiger partial charge in [0.1, 0.15) is 6.04 Å². The number of nitrogens with zero attached hydrogens (tertiary/aromatic N) is 2. The predicted molar refractivity (Wildman–Crippen MR) is 98.0 cm³/mol. The minimum absolute atomic E-state index is 0. The first-order valence-corrected chi connectivity index (χ1v) is 7.78. The lowest BCUT2D eigenvalue weighted by molar-refractivity contribution is -0.125. The fourth-order valence-corrected chi connectivity index (χ4v) is 2.31. The van der Waals surface area contributed by atoms with E-state index in [2.05, 4.69) is 37.0 Å². The molecule has 3 N–H and O–H groups in total. The summed E-state index contributed by atoms with van der Waals surface area (Å²) in [6.45, 7) is -0.104. The van der Waals surface area contributed by atoms with Crippen LogP contribution in [0.2, 0.25) is 0 Å². The lowest BCUT2D eigenvalue weighted by atomic mass is 10.1. The van der Waals surface area contributed by atoms with Crippen LogP contribution in [0.4, 0.5) is 5.69 Å². The summed E-state index contributed by atoms with van der Waals surface area (Å²) >= 11 is 3.33.